The van der Waals surface area contributed by atoms with E-state index in [9.17, 15) is 9.59 Å². The van der Waals surface area contributed by atoms with Crippen LogP contribution in [-0.2, 0) is 6.42 Å². The molecule has 1 aliphatic heterocycles. The zero-order chi connectivity index (χ0) is 20.5. The number of para-hydroxylation sites is 1. The molecule has 0 aromatic heterocycles. The number of carboxylic acid groups (broad SMARTS) is 1. The topological polar surface area (TPSA) is 69.6 Å². The van der Waals surface area contributed by atoms with E-state index in [2.05, 4.69) is 16.3 Å². The minimum atomic E-state index is -0.929. The monoisotopic (exact) mass is 394 g/mol. The predicted molar refractivity (Wildman–Crippen MR) is 116 cm³/mol. The number of carbonyl (C=O) groups is 2. The molecule has 3 rings (SSSR count). The normalized spacial score (nSPS) is 15.1. The van der Waals surface area contributed by atoms with Gasteiger partial charge in [0.15, 0.2) is 0 Å². The maximum Gasteiger partial charge on any atom is 0.335 e. The Kier molecular flexibility index (Phi) is 7.68. The lowest BCUT2D eigenvalue weighted by atomic mass is 10.1. The SMILES string of the molecule is O=C(O)c1ccc(CCNC(=O)c2ccccc2N2CCCCCCCC2)cc1. The summed E-state index contributed by atoms with van der Waals surface area (Å²) in [4.78, 5) is 26.1. The van der Waals surface area contributed by atoms with Crippen molar-refractivity contribution in [1.29, 1.82) is 0 Å². The van der Waals surface area contributed by atoms with Gasteiger partial charge < -0.3 is 15.3 Å². The van der Waals surface area contributed by atoms with Crippen LogP contribution < -0.4 is 10.2 Å². The molecule has 2 aromatic carbocycles. The molecule has 1 amide bonds. The third-order valence-electron chi connectivity index (χ3n) is 5.50. The van der Waals surface area contributed by atoms with E-state index in [0.29, 0.717) is 13.0 Å². The van der Waals surface area contributed by atoms with Crippen LogP contribution in [0.15, 0.2) is 48.5 Å². The van der Waals surface area contributed by atoms with Crippen molar-refractivity contribution in [3.05, 3.63) is 65.2 Å². The summed E-state index contributed by atoms with van der Waals surface area (Å²) in [5, 5.41) is 12.0. The number of benzene rings is 2. The lowest BCUT2D eigenvalue weighted by Gasteiger charge is -2.26. The Morgan fingerprint density at radius 1 is 0.862 bits per heavy atom. The maximum absolute atomic E-state index is 12.8. The van der Waals surface area contributed by atoms with Gasteiger partial charge in [-0.15, -0.1) is 0 Å². The number of hydrogen-bond acceptors (Lipinski definition) is 3. The first-order valence-electron chi connectivity index (χ1n) is 10.6. The van der Waals surface area contributed by atoms with Gasteiger partial charge >= 0.3 is 5.97 Å². The molecule has 0 atom stereocenters. The van der Waals surface area contributed by atoms with Crippen molar-refractivity contribution in [2.75, 3.05) is 24.5 Å². The molecule has 0 aliphatic carbocycles. The number of hydrogen-bond donors (Lipinski definition) is 2. The van der Waals surface area contributed by atoms with Crippen LogP contribution in [0, 0.1) is 0 Å². The van der Waals surface area contributed by atoms with Crippen molar-refractivity contribution in [3.8, 4) is 0 Å². The number of rotatable bonds is 6. The van der Waals surface area contributed by atoms with E-state index in [4.69, 9.17) is 5.11 Å². The molecule has 0 spiro atoms. The highest BCUT2D eigenvalue weighted by Crippen LogP contribution is 2.23. The molecular formula is C24H30N2O3. The van der Waals surface area contributed by atoms with E-state index in [0.717, 1.165) is 29.9 Å². The molecule has 2 N–H and O–H groups in total. The molecule has 0 saturated carbocycles. The van der Waals surface area contributed by atoms with Gasteiger partial charge in [0.05, 0.1) is 11.1 Å². The summed E-state index contributed by atoms with van der Waals surface area (Å²) >= 11 is 0. The number of nitrogens with one attached hydrogen (secondary N) is 1. The summed E-state index contributed by atoms with van der Waals surface area (Å²) < 4.78 is 0. The highest BCUT2D eigenvalue weighted by atomic mass is 16.4. The fourth-order valence-electron chi connectivity index (χ4n) is 3.84. The predicted octanol–water partition coefficient (Wildman–Crippen LogP) is 4.52. The average Bonchev–Trinajstić information content (AvgIpc) is 2.88. The van der Waals surface area contributed by atoms with Gasteiger partial charge in [0.2, 0.25) is 0 Å². The summed E-state index contributed by atoms with van der Waals surface area (Å²) in [7, 11) is 0. The fraction of sp³-hybridized carbons (Fsp3) is 0.417. The summed E-state index contributed by atoms with van der Waals surface area (Å²) in [6.07, 6.45) is 8.13. The first kappa shape index (κ1) is 20.9. The quantitative estimate of drug-likeness (QED) is 0.756. The van der Waals surface area contributed by atoms with E-state index in [1.54, 1.807) is 24.3 Å². The van der Waals surface area contributed by atoms with E-state index in [1.165, 1.54) is 38.5 Å². The molecule has 29 heavy (non-hydrogen) atoms. The third kappa shape index (κ3) is 6.08. The molecule has 0 bridgehead atoms. The van der Waals surface area contributed by atoms with E-state index in [1.807, 2.05) is 18.2 Å². The lowest BCUT2D eigenvalue weighted by molar-refractivity contribution is 0.0696. The number of carboxylic acids is 1. The Morgan fingerprint density at radius 3 is 2.14 bits per heavy atom. The summed E-state index contributed by atoms with van der Waals surface area (Å²) in [6, 6.07) is 14.7. The molecule has 5 nitrogen and oxygen atoms in total. The van der Waals surface area contributed by atoms with Crippen molar-refractivity contribution < 1.29 is 14.7 Å². The van der Waals surface area contributed by atoms with Crippen LogP contribution in [0.5, 0.6) is 0 Å². The van der Waals surface area contributed by atoms with Gasteiger partial charge in [-0.3, -0.25) is 4.79 Å². The molecule has 1 aliphatic rings. The highest BCUT2D eigenvalue weighted by molar-refractivity contribution is 5.99. The Hall–Kier alpha value is -2.82. The number of aromatic carboxylic acids is 1. The summed E-state index contributed by atoms with van der Waals surface area (Å²) in [6.45, 7) is 2.51. The second-order valence-corrected chi connectivity index (χ2v) is 7.63. The summed E-state index contributed by atoms with van der Waals surface area (Å²) in [5.41, 5.74) is 3.03. The van der Waals surface area contributed by atoms with Crippen molar-refractivity contribution in [2.45, 2.75) is 44.9 Å². The van der Waals surface area contributed by atoms with Gasteiger partial charge in [-0.05, 0) is 49.1 Å². The third-order valence-corrected chi connectivity index (χ3v) is 5.50. The Bertz CT molecular complexity index is 807. The number of carbonyl (C=O) groups excluding carboxylic acids is 1. The van der Waals surface area contributed by atoms with Crippen molar-refractivity contribution >= 4 is 17.6 Å². The first-order chi connectivity index (χ1) is 14.1. The van der Waals surface area contributed by atoms with Crippen molar-refractivity contribution in [2.24, 2.45) is 0 Å². The van der Waals surface area contributed by atoms with E-state index >= 15 is 0 Å². The second-order valence-electron chi connectivity index (χ2n) is 7.63. The molecule has 0 radical (unpaired) electrons. The zero-order valence-electron chi connectivity index (χ0n) is 16.9. The van der Waals surface area contributed by atoms with E-state index < -0.39 is 5.97 Å². The lowest BCUT2D eigenvalue weighted by Crippen LogP contribution is -2.31. The number of anilines is 1. The van der Waals surface area contributed by atoms with Gasteiger partial charge in [-0.1, -0.05) is 49.9 Å². The standard InChI is InChI=1S/C24H30N2O3/c27-23(25-16-15-19-11-13-20(14-12-19)24(28)29)21-9-5-6-10-22(21)26-17-7-3-1-2-4-8-18-26/h5-6,9-14H,1-4,7-8,15-18H2,(H,25,27)(H,28,29). The Labute approximate surface area is 172 Å². The van der Waals surface area contributed by atoms with Crippen LogP contribution in [0.4, 0.5) is 5.69 Å². The number of amides is 1. The molecule has 1 saturated heterocycles. The van der Waals surface area contributed by atoms with Crippen LogP contribution >= 0.6 is 0 Å². The van der Waals surface area contributed by atoms with Crippen LogP contribution in [0.1, 0.15) is 64.8 Å². The molecular weight excluding hydrogens is 364 g/mol. The molecule has 1 fully saturated rings. The van der Waals surface area contributed by atoms with Crippen LogP contribution in [-0.4, -0.2) is 36.6 Å². The van der Waals surface area contributed by atoms with Crippen LogP contribution in [0.25, 0.3) is 0 Å². The number of nitrogens with zero attached hydrogens (tertiary/aromatic N) is 1. The first-order valence-corrected chi connectivity index (χ1v) is 10.6. The summed E-state index contributed by atoms with van der Waals surface area (Å²) in [5.74, 6) is -0.982. The largest absolute Gasteiger partial charge is 0.478 e. The molecule has 0 unspecified atom stereocenters. The molecule has 5 heteroatoms. The molecule has 1 heterocycles. The minimum absolute atomic E-state index is 0.0531. The van der Waals surface area contributed by atoms with Gasteiger partial charge in [0.1, 0.15) is 0 Å². The van der Waals surface area contributed by atoms with Crippen molar-refractivity contribution in [3.63, 3.8) is 0 Å². The van der Waals surface area contributed by atoms with Crippen LogP contribution in [0.3, 0.4) is 0 Å². The zero-order valence-corrected chi connectivity index (χ0v) is 16.9. The van der Waals surface area contributed by atoms with Gasteiger partial charge in [-0.25, -0.2) is 4.79 Å². The van der Waals surface area contributed by atoms with Gasteiger partial charge in [0.25, 0.3) is 5.91 Å². The van der Waals surface area contributed by atoms with E-state index in [-0.39, 0.29) is 11.5 Å². The fourth-order valence-corrected chi connectivity index (χ4v) is 3.84. The smallest absolute Gasteiger partial charge is 0.335 e. The van der Waals surface area contributed by atoms with Crippen molar-refractivity contribution in [1.82, 2.24) is 5.32 Å². The van der Waals surface area contributed by atoms with Crippen LogP contribution in [0.2, 0.25) is 0 Å². The maximum atomic E-state index is 12.8. The molecule has 154 valence electrons. The Morgan fingerprint density at radius 2 is 1.48 bits per heavy atom. The van der Waals surface area contributed by atoms with Gasteiger partial charge in [0, 0.05) is 25.3 Å². The molecule has 2 aromatic rings. The highest BCUT2D eigenvalue weighted by Gasteiger charge is 2.16. The minimum Gasteiger partial charge on any atom is -0.478 e. The second kappa shape index (κ2) is 10.6. The average molecular weight is 395 g/mol. The van der Waals surface area contributed by atoms with Gasteiger partial charge in [-0.2, -0.15) is 0 Å². The Balaban J connectivity index is 1.61.